The Bertz CT molecular complexity index is 1730. The third-order valence-corrected chi connectivity index (χ3v) is 9.51. The molecule has 0 aliphatic heterocycles. The van der Waals surface area contributed by atoms with Crippen molar-refractivity contribution in [3.8, 4) is 0 Å². The lowest BCUT2D eigenvalue weighted by atomic mass is 10.1. The van der Waals surface area contributed by atoms with Crippen LogP contribution in [0.4, 0.5) is 17.1 Å². The van der Waals surface area contributed by atoms with E-state index >= 15 is 0 Å². The van der Waals surface area contributed by atoms with Crippen LogP contribution in [0.25, 0.3) is 0 Å². The van der Waals surface area contributed by atoms with Gasteiger partial charge in [-0.3, -0.25) is 13.8 Å². The molecule has 1 amide bonds. The van der Waals surface area contributed by atoms with Crippen molar-refractivity contribution in [3.05, 3.63) is 113 Å². The van der Waals surface area contributed by atoms with Crippen molar-refractivity contribution >= 4 is 43.0 Å². The molecule has 0 aliphatic rings. The molecule has 0 saturated carbocycles. The van der Waals surface area contributed by atoms with Gasteiger partial charge in [0.2, 0.25) is 5.91 Å². The lowest BCUT2D eigenvalue weighted by Crippen LogP contribution is -2.38. The van der Waals surface area contributed by atoms with Gasteiger partial charge in [0.25, 0.3) is 20.0 Å². The van der Waals surface area contributed by atoms with Gasteiger partial charge in [0.05, 0.1) is 21.2 Å². The van der Waals surface area contributed by atoms with E-state index in [1.54, 1.807) is 30.3 Å². The third kappa shape index (κ3) is 6.52. The Morgan fingerprint density at radius 2 is 1.27 bits per heavy atom. The number of sulfonamides is 2. The second-order valence-corrected chi connectivity index (χ2v) is 13.2. The normalized spacial score (nSPS) is 11.6. The summed E-state index contributed by atoms with van der Waals surface area (Å²) in [6.45, 7) is 6.86. The molecule has 40 heavy (non-hydrogen) atoms. The van der Waals surface area contributed by atoms with Crippen molar-refractivity contribution < 1.29 is 21.6 Å². The molecule has 4 aromatic carbocycles. The first kappa shape index (κ1) is 28.8. The van der Waals surface area contributed by atoms with Crippen LogP contribution in [0.3, 0.4) is 0 Å². The lowest BCUT2D eigenvalue weighted by molar-refractivity contribution is -0.114. The highest BCUT2D eigenvalue weighted by Crippen LogP contribution is 2.26. The smallest absolute Gasteiger partial charge is 0.264 e. The summed E-state index contributed by atoms with van der Waals surface area (Å²) < 4.78 is 56.8. The van der Waals surface area contributed by atoms with E-state index in [1.807, 2.05) is 52.0 Å². The second-order valence-electron chi connectivity index (χ2n) is 9.61. The molecule has 208 valence electrons. The van der Waals surface area contributed by atoms with Crippen molar-refractivity contribution in [2.24, 2.45) is 0 Å². The highest BCUT2D eigenvalue weighted by atomic mass is 32.2. The molecule has 0 aliphatic carbocycles. The number of carbonyl (C=O) groups excluding carboxylic acids is 1. The highest BCUT2D eigenvalue weighted by Gasteiger charge is 2.27. The van der Waals surface area contributed by atoms with Crippen molar-refractivity contribution in [3.63, 3.8) is 0 Å². The number of hydrogen-bond donors (Lipinski definition) is 2. The number of benzene rings is 4. The fourth-order valence-corrected chi connectivity index (χ4v) is 6.77. The summed E-state index contributed by atoms with van der Waals surface area (Å²) in [5, 5.41) is 2.68. The van der Waals surface area contributed by atoms with Gasteiger partial charge in [-0.1, -0.05) is 48.0 Å². The van der Waals surface area contributed by atoms with Crippen molar-refractivity contribution in [2.75, 3.05) is 20.9 Å². The molecule has 0 saturated heterocycles. The Balaban J connectivity index is 1.54. The number of aryl methyl sites for hydroxylation is 4. The average Bonchev–Trinajstić information content (AvgIpc) is 2.90. The number of amides is 1. The number of nitrogens with zero attached hydrogens (tertiary/aromatic N) is 1. The van der Waals surface area contributed by atoms with Crippen LogP contribution in [0.5, 0.6) is 0 Å². The molecule has 10 heteroatoms. The van der Waals surface area contributed by atoms with E-state index in [-0.39, 0.29) is 9.79 Å². The molecule has 0 radical (unpaired) electrons. The van der Waals surface area contributed by atoms with Crippen LogP contribution in [0, 0.1) is 27.7 Å². The summed E-state index contributed by atoms with van der Waals surface area (Å²) in [5.74, 6) is -0.582. The van der Waals surface area contributed by atoms with Crippen LogP contribution < -0.4 is 14.3 Å². The molecule has 0 unspecified atom stereocenters. The quantitative estimate of drug-likeness (QED) is 0.271. The van der Waals surface area contributed by atoms with Crippen LogP contribution in [0.15, 0.2) is 101 Å². The molecular formula is C30H31N3O5S2. The zero-order chi connectivity index (χ0) is 29.1. The lowest BCUT2D eigenvalue weighted by Gasteiger charge is -2.24. The maximum absolute atomic E-state index is 13.6. The van der Waals surface area contributed by atoms with Crippen molar-refractivity contribution in [2.45, 2.75) is 37.5 Å². The largest absolute Gasteiger partial charge is 0.325 e. The molecule has 4 rings (SSSR count). The van der Waals surface area contributed by atoms with Crippen molar-refractivity contribution in [1.82, 2.24) is 0 Å². The average molecular weight is 578 g/mol. The second kappa shape index (κ2) is 11.5. The zero-order valence-corrected chi connectivity index (χ0v) is 24.3. The molecule has 0 aromatic heterocycles. The number of nitrogens with one attached hydrogen (secondary N) is 2. The van der Waals surface area contributed by atoms with E-state index in [0.717, 1.165) is 26.6 Å². The number of rotatable bonds is 9. The summed E-state index contributed by atoms with van der Waals surface area (Å²) in [7, 11) is -7.92. The Labute approximate surface area is 235 Å². The van der Waals surface area contributed by atoms with Gasteiger partial charge in [-0.2, -0.15) is 0 Å². The summed E-state index contributed by atoms with van der Waals surface area (Å²) in [5.41, 5.74) is 4.55. The minimum absolute atomic E-state index is 0.0245. The van der Waals surface area contributed by atoms with Gasteiger partial charge in [0.1, 0.15) is 6.54 Å². The molecule has 0 fully saturated rings. The van der Waals surface area contributed by atoms with Gasteiger partial charge in [0.15, 0.2) is 0 Å². The van der Waals surface area contributed by atoms with Crippen LogP contribution in [0.2, 0.25) is 0 Å². The SMILES string of the molecule is Cc1ccc(S(=O)(=O)N(CC(=O)Nc2ccc(S(=O)(=O)Nc3c(C)cccc3C)cc2)c2cccc(C)c2)cc1. The monoisotopic (exact) mass is 577 g/mol. The minimum Gasteiger partial charge on any atom is -0.325 e. The first-order valence-electron chi connectivity index (χ1n) is 12.5. The predicted octanol–water partition coefficient (Wildman–Crippen LogP) is 5.56. The van der Waals surface area contributed by atoms with E-state index in [2.05, 4.69) is 10.0 Å². The number of anilines is 3. The van der Waals surface area contributed by atoms with Gasteiger partial charge in [-0.25, -0.2) is 16.8 Å². The van der Waals surface area contributed by atoms with E-state index < -0.39 is 32.5 Å². The fraction of sp³-hybridized carbons (Fsp3) is 0.167. The summed E-state index contributed by atoms with van der Waals surface area (Å²) in [6.07, 6.45) is 0. The molecular weight excluding hydrogens is 546 g/mol. The highest BCUT2D eigenvalue weighted by molar-refractivity contribution is 7.93. The molecule has 0 spiro atoms. The Morgan fingerprint density at radius 1 is 0.700 bits per heavy atom. The van der Waals surface area contributed by atoms with Gasteiger partial charge in [-0.15, -0.1) is 0 Å². The Morgan fingerprint density at radius 3 is 1.88 bits per heavy atom. The Kier molecular flexibility index (Phi) is 8.32. The molecule has 0 heterocycles. The summed E-state index contributed by atoms with van der Waals surface area (Å²) >= 11 is 0. The van der Waals surface area contributed by atoms with E-state index in [4.69, 9.17) is 0 Å². The maximum atomic E-state index is 13.6. The van der Waals surface area contributed by atoms with E-state index in [1.165, 1.54) is 36.4 Å². The summed E-state index contributed by atoms with van der Waals surface area (Å²) in [4.78, 5) is 13.2. The maximum Gasteiger partial charge on any atom is 0.264 e. The molecule has 2 N–H and O–H groups in total. The standard InChI is InChI=1S/C30H31N3O5S2/c1-21-11-15-28(16-12-21)40(37,38)33(26-10-5-7-22(2)19-26)20-29(34)31-25-13-17-27(18-14-25)39(35,36)32-30-23(3)8-6-9-24(30)4/h5-19,32H,20H2,1-4H3,(H,31,34). The van der Waals surface area contributed by atoms with Gasteiger partial charge >= 0.3 is 0 Å². The number of carbonyl (C=O) groups is 1. The fourth-order valence-electron chi connectivity index (χ4n) is 4.15. The Hall–Kier alpha value is -4.15. The van der Waals surface area contributed by atoms with Crippen LogP contribution >= 0.6 is 0 Å². The van der Waals surface area contributed by atoms with Gasteiger partial charge < -0.3 is 5.32 Å². The van der Waals surface area contributed by atoms with Crippen molar-refractivity contribution in [1.29, 1.82) is 0 Å². The molecule has 8 nitrogen and oxygen atoms in total. The first-order valence-corrected chi connectivity index (χ1v) is 15.4. The molecule has 0 bridgehead atoms. The van der Waals surface area contributed by atoms with Crippen LogP contribution in [-0.4, -0.2) is 29.3 Å². The first-order chi connectivity index (χ1) is 18.9. The predicted molar refractivity (Wildman–Crippen MR) is 159 cm³/mol. The van der Waals surface area contributed by atoms with Gasteiger partial charge in [-0.05, 0) is 92.9 Å². The summed E-state index contributed by atoms with van der Waals surface area (Å²) in [6, 6.07) is 24.5. The molecule has 0 atom stereocenters. The van der Waals surface area contributed by atoms with Crippen LogP contribution in [0.1, 0.15) is 22.3 Å². The molecule has 4 aromatic rings. The van der Waals surface area contributed by atoms with Crippen LogP contribution in [-0.2, 0) is 24.8 Å². The van der Waals surface area contributed by atoms with E-state index in [9.17, 15) is 21.6 Å². The van der Waals surface area contributed by atoms with E-state index in [0.29, 0.717) is 17.1 Å². The minimum atomic E-state index is -4.05. The third-order valence-electron chi connectivity index (χ3n) is 6.35. The topological polar surface area (TPSA) is 113 Å². The number of hydrogen-bond acceptors (Lipinski definition) is 5. The van der Waals surface area contributed by atoms with Gasteiger partial charge in [0, 0.05) is 5.69 Å². The number of para-hydroxylation sites is 1. The zero-order valence-electron chi connectivity index (χ0n) is 22.7.